The van der Waals surface area contributed by atoms with E-state index in [1.54, 1.807) is 11.0 Å². The molecule has 6 heteroatoms. The largest absolute Gasteiger partial charge is 0.545 e. The van der Waals surface area contributed by atoms with Crippen LogP contribution in [0.1, 0.15) is 22.3 Å². The number of rotatable bonds is 4. The molecule has 1 aliphatic heterocycles. The molecule has 1 aliphatic rings. The molecule has 25 heavy (non-hydrogen) atoms. The number of benzene rings is 2. The maximum atomic E-state index is 12.5. The van der Waals surface area contributed by atoms with E-state index in [0.717, 1.165) is 11.3 Å². The number of nitrogens with zero attached hydrogens (tertiary/aromatic N) is 1. The van der Waals surface area contributed by atoms with Crippen LogP contribution in [0.25, 0.3) is 0 Å². The fourth-order valence-corrected chi connectivity index (χ4v) is 2.95. The first-order valence-corrected chi connectivity index (χ1v) is 7.94. The second kappa shape index (κ2) is 6.76. The van der Waals surface area contributed by atoms with Gasteiger partial charge in [0.25, 0.3) is 0 Å². The van der Waals surface area contributed by atoms with Crippen LogP contribution in [-0.2, 0) is 9.59 Å². The summed E-state index contributed by atoms with van der Waals surface area (Å²) < 4.78 is 0. The number of aryl methyl sites for hydroxylation is 1. The Morgan fingerprint density at radius 3 is 2.64 bits per heavy atom. The molecule has 0 unspecified atom stereocenters. The van der Waals surface area contributed by atoms with Crippen LogP contribution in [0.5, 0.6) is 0 Å². The molecule has 0 aromatic heterocycles. The van der Waals surface area contributed by atoms with Crippen molar-refractivity contribution in [3.8, 4) is 0 Å². The van der Waals surface area contributed by atoms with Gasteiger partial charge in [0.2, 0.25) is 11.8 Å². The molecule has 128 valence electrons. The summed E-state index contributed by atoms with van der Waals surface area (Å²) in [6, 6.07) is 13.4. The topological polar surface area (TPSA) is 89.5 Å². The first kappa shape index (κ1) is 16.7. The number of para-hydroxylation sites is 1. The Kier molecular flexibility index (Phi) is 4.52. The highest BCUT2D eigenvalue weighted by molar-refractivity contribution is 6.04. The molecule has 3 rings (SSSR count). The smallest absolute Gasteiger partial charge is 0.229 e. The normalized spacial score (nSPS) is 16.8. The maximum Gasteiger partial charge on any atom is 0.229 e. The van der Waals surface area contributed by atoms with Crippen molar-refractivity contribution < 1.29 is 19.5 Å². The van der Waals surface area contributed by atoms with Crippen molar-refractivity contribution in [3.05, 3.63) is 59.7 Å². The predicted molar refractivity (Wildman–Crippen MR) is 91.0 cm³/mol. The summed E-state index contributed by atoms with van der Waals surface area (Å²) in [6.07, 6.45) is 0.125. The Labute approximate surface area is 145 Å². The van der Waals surface area contributed by atoms with Crippen LogP contribution < -0.4 is 15.3 Å². The Balaban J connectivity index is 1.72. The maximum absolute atomic E-state index is 12.5. The van der Waals surface area contributed by atoms with Gasteiger partial charge in [-0.1, -0.05) is 30.3 Å². The molecule has 2 aromatic rings. The molecule has 1 N–H and O–H groups in total. The van der Waals surface area contributed by atoms with Crippen LogP contribution >= 0.6 is 0 Å². The van der Waals surface area contributed by atoms with Gasteiger partial charge in [-0.2, -0.15) is 0 Å². The fourth-order valence-electron chi connectivity index (χ4n) is 2.95. The quantitative estimate of drug-likeness (QED) is 0.912. The molecule has 0 bridgehead atoms. The number of amides is 2. The van der Waals surface area contributed by atoms with Gasteiger partial charge in [0, 0.05) is 24.3 Å². The lowest BCUT2D eigenvalue weighted by molar-refractivity contribution is -0.255. The summed E-state index contributed by atoms with van der Waals surface area (Å²) in [6.45, 7) is 2.22. The molecule has 1 saturated heterocycles. The first-order chi connectivity index (χ1) is 12.0. The highest BCUT2D eigenvalue weighted by Gasteiger charge is 2.35. The molecule has 0 aliphatic carbocycles. The van der Waals surface area contributed by atoms with Crippen molar-refractivity contribution >= 4 is 29.2 Å². The van der Waals surface area contributed by atoms with Crippen molar-refractivity contribution in [2.75, 3.05) is 16.8 Å². The molecular weight excluding hydrogens is 320 g/mol. The van der Waals surface area contributed by atoms with Gasteiger partial charge < -0.3 is 20.1 Å². The molecule has 0 saturated carbocycles. The summed E-state index contributed by atoms with van der Waals surface area (Å²) in [5.74, 6) is -2.20. The lowest BCUT2D eigenvalue weighted by Crippen LogP contribution is -2.28. The van der Waals surface area contributed by atoms with Gasteiger partial charge in [-0.25, -0.2) is 0 Å². The van der Waals surface area contributed by atoms with Gasteiger partial charge in [-0.3, -0.25) is 9.59 Å². The highest BCUT2D eigenvalue weighted by Crippen LogP contribution is 2.28. The van der Waals surface area contributed by atoms with Crippen LogP contribution in [0, 0.1) is 12.8 Å². The lowest BCUT2D eigenvalue weighted by atomic mass is 10.1. The zero-order chi connectivity index (χ0) is 18.0. The molecule has 2 amide bonds. The van der Waals surface area contributed by atoms with Gasteiger partial charge in [0.15, 0.2) is 0 Å². The zero-order valence-electron chi connectivity index (χ0n) is 13.7. The van der Waals surface area contributed by atoms with Gasteiger partial charge in [0.05, 0.1) is 11.9 Å². The summed E-state index contributed by atoms with van der Waals surface area (Å²) in [4.78, 5) is 37.3. The minimum Gasteiger partial charge on any atom is -0.545 e. The third-order valence-electron chi connectivity index (χ3n) is 4.27. The number of nitrogens with one attached hydrogen (secondary N) is 1. The Morgan fingerprint density at radius 2 is 1.92 bits per heavy atom. The molecular formula is C19H17N2O4-. The highest BCUT2D eigenvalue weighted by atomic mass is 16.4. The molecule has 1 fully saturated rings. The van der Waals surface area contributed by atoms with Crippen LogP contribution in [0.2, 0.25) is 0 Å². The van der Waals surface area contributed by atoms with Crippen LogP contribution in [-0.4, -0.2) is 24.3 Å². The SMILES string of the molecule is Cc1ccccc1N1C[C@H](C(=O)Nc2cccc(C(=O)[O-])c2)CC1=O. The third kappa shape index (κ3) is 3.52. The van der Waals surface area contributed by atoms with E-state index in [4.69, 9.17) is 0 Å². The predicted octanol–water partition coefficient (Wildman–Crippen LogP) is 1.35. The molecule has 2 aromatic carbocycles. The molecule has 6 nitrogen and oxygen atoms in total. The molecule has 0 spiro atoms. The van der Waals surface area contributed by atoms with Gasteiger partial charge in [0.1, 0.15) is 0 Å². The van der Waals surface area contributed by atoms with E-state index in [-0.39, 0.29) is 23.8 Å². The number of anilines is 2. The molecule has 1 heterocycles. The number of hydrogen-bond acceptors (Lipinski definition) is 4. The Morgan fingerprint density at radius 1 is 1.16 bits per heavy atom. The number of carbonyl (C=O) groups is 3. The van der Waals surface area contributed by atoms with E-state index in [9.17, 15) is 19.5 Å². The summed E-state index contributed by atoms with van der Waals surface area (Å²) in [7, 11) is 0. The average molecular weight is 337 g/mol. The van der Waals surface area contributed by atoms with E-state index in [2.05, 4.69) is 5.32 Å². The third-order valence-corrected chi connectivity index (χ3v) is 4.27. The van der Waals surface area contributed by atoms with Crippen molar-refractivity contribution in [2.45, 2.75) is 13.3 Å². The van der Waals surface area contributed by atoms with E-state index < -0.39 is 11.9 Å². The number of hydrogen-bond donors (Lipinski definition) is 1. The van der Waals surface area contributed by atoms with Crippen molar-refractivity contribution in [1.29, 1.82) is 0 Å². The van der Waals surface area contributed by atoms with Crippen LogP contribution in [0.15, 0.2) is 48.5 Å². The monoisotopic (exact) mass is 337 g/mol. The van der Waals surface area contributed by atoms with Crippen molar-refractivity contribution in [3.63, 3.8) is 0 Å². The summed E-state index contributed by atoms with van der Waals surface area (Å²) in [5, 5.41) is 13.6. The standard InChI is InChI=1S/C19H18N2O4/c1-12-5-2-3-8-16(12)21-11-14(10-17(21)22)18(23)20-15-7-4-6-13(9-15)19(24)25/h2-9,14H,10-11H2,1H3,(H,20,23)(H,24,25)/p-1/t14-/m1/s1. The Hall–Kier alpha value is -3.15. The summed E-state index contributed by atoms with van der Waals surface area (Å²) in [5.41, 5.74) is 2.13. The number of carboxylic acid groups (broad SMARTS) is 1. The van der Waals surface area contributed by atoms with E-state index >= 15 is 0 Å². The fraction of sp³-hybridized carbons (Fsp3) is 0.211. The lowest BCUT2D eigenvalue weighted by Gasteiger charge is -2.19. The van der Waals surface area contributed by atoms with E-state index in [1.165, 1.54) is 18.2 Å². The van der Waals surface area contributed by atoms with Gasteiger partial charge in [-0.05, 0) is 36.2 Å². The van der Waals surface area contributed by atoms with E-state index in [0.29, 0.717) is 12.2 Å². The Bertz CT molecular complexity index is 847. The molecule has 0 radical (unpaired) electrons. The van der Waals surface area contributed by atoms with E-state index in [1.807, 2.05) is 31.2 Å². The number of aromatic carboxylic acids is 1. The minimum atomic E-state index is -1.31. The number of carbonyl (C=O) groups excluding carboxylic acids is 3. The van der Waals surface area contributed by atoms with Gasteiger partial charge in [-0.15, -0.1) is 0 Å². The average Bonchev–Trinajstić information content (AvgIpc) is 2.97. The van der Waals surface area contributed by atoms with Crippen molar-refractivity contribution in [1.82, 2.24) is 0 Å². The van der Waals surface area contributed by atoms with Crippen LogP contribution in [0.4, 0.5) is 11.4 Å². The minimum absolute atomic E-state index is 0.0122. The second-order valence-corrected chi connectivity index (χ2v) is 6.05. The zero-order valence-corrected chi connectivity index (χ0v) is 13.7. The van der Waals surface area contributed by atoms with Crippen molar-refractivity contribution in [2.24, 2.45) is 5.92 Å². The second-order valence-electron chi connectivity index (χ2n) is 6.05. The summed E-state index contributed by atoms with van der Waals surface area (Å²) >= 11 is 0. The first-order valence-electron chi connectivity index (χ1n) is 7.94. The molecule has 1 atom stereocenters. The van der Waals surface area contributed by atoms with Gasteiger partial charge >= 0.3 is 0 Å². The number of carboxylic acids is 1. The van der Waals surface area contributed by atoms with Crippen LogP contribution in [0.3, 0.4) is 0 Å².